The third kappa shape index (κ3) is 3.43. The minimum absolute atomic E-state index is 0.0661. The fourth-order valence-electron chi connectivity index (χ4n) is 2.25. The molecule has 0 radical (unpaired) electrons. The largest absolute Gasteiger partial charge is 0.497 e. The molecule has 122 valence electrons. The highest BCUT2D eigenvalue weighted by atomic mass is 16.5. The summed E-state index contributed by atoms with van der Waals surface area (Å²) in [4.78, 5) is 12.2. The van der Waals surface area contributed by atoms with Crippen LogP contribution < -0.4 is 10.1 Å². The summed E-state index contributed by atoms with van der Waals surface area (Å²) in [6.07, 6.45) is 0. The number of ether oxygens (including phenoxy) is 1. The van der Waals surface area contributed by atoms with Crippen molar-refractivity contribution < 1.29 is 13.9 Å². The van der Waals surface area contributed by atoms with Gasteiger partial charge in [-0.25, -0.2) is 0 Å². The number of rotatable bonds is 5. The second-order valence-electron chi connectivity index (χ2n) is 5.25. The lowest BCUT2D eigenvalue weighted by Gasteiger charge is -2.12. The summed E-state index contributed by atoms with van der Waals surface area (Å²) in [5.41, 5.74) is 1.72. The van der Waals surface area contributed by atoms with Crippen LogP contribution in [-0.4, -0.2) is 23.2 Å². The third-order valence-corrected chi connectivity index (χ3v) is 3.60. The van der Waals surface area contributed by atoms with Crippen LogP contribution in [0.4, 0.5) is 0 Å². The van der Waals surface area contributed by atoms with Crippen LogP contribution in [0.5, 0.6) is 5.75 Å². The summed E-state index contributed by atoms with van der Waals surface area (Å²) in [7, 11) is 1.60. The second kappa shape index (κ2) is 6.95. The van der Waals surface area contributed by atoms with Gasteiger partial charge in [-0.05, 0) is 36.8 Å². The van der Waals surface area contributed by atoms with Gasteiger partial charge in [-0.15, -0.1) is 10.2 Å². The standard InChI is InChI=1S/C18H17N3O3/c1-12(13-6-4-3-5-7-13)19-16(22)18-21-20-17(24-18)14-8-10-15(23-2)11-9-14/h3-12H,1-2H3,(H,19,22). The Kier molecular flexibility index (Phi) is 4.56. The van der Waals surface area contributed by atoms with Crippen molar-refractivity contribution in [2.45, 2.75) is 13.0 Å². The zero-order chi connectivity index (χ0) is 16.9. The number of amides is 1. The minimum atomic E-state index is -0.404. The lowest BCUT2D eigenvalue weighted by atomic mass is 10.1. The Labute approximate surface area is 139 Å². The monoisotopic (exact) mass is 323 g/mol. The van der Waals surface area contributed by atoms with Crippen molar-refractivity contribution in [3.05, 3.63) is 66.1 Å². The number of methoxy groups -OCH3 is 1. The van der Waals surface area contributed by atoms with Crippen LogP contribution in [0.2, 0.25) is 0 Å². The van der Waals surface area contributed by atoms with Crippen LogP contribution in [0.25, 0.3) is 11.5 Å². The van der Waals surface area contributed by atoms with Crippen LogP contribution in [0.3, 0.4) is 0 Å². The van der Waals surface area contributed by atoms with Crippen molar-refractivity contribution in [3.8, 4) is 17.2 Å². The Morgan fingerprint density at radius 2 is 1.79 bits per heavy atom. The van der Waals surface area contributed by atoms with Gasteiger partial charge in [0.2, 0.25) is 5.89 Å². The van der Waals surface area contributed by atoms with E-state index in [1.807, 2.05) is 37.3 Å². The van der Waals surface area contributed by atoms with Crippen LogP contribution in [0.15, 0.2) is 59.0 Å². The molecular formula is C18H17N3O3. The molecule has 0 aliphatic heterocycles. The van der Waals surface area contributed by atoms with Gasteiger partial charge in [0.1, 0.15) is 5.75 Å². The predicted octanol–water partition coefficient (Wildman–Crippen LogP) is 3.24. The van der Waals surface area contributed by atoms with Gasteiger partial charge in [-0.1, -0.05) is 30.3 Å². The van der Waals surface area contributed by atoms with E-state index >= 15 is 0 Å². The van der Waals surface area contributed by atoms with Crippen molar-refractivity contribution >= 4 is 5.91 Å². The van der Waals surface area contributed by atoms with Crippen molar-refractivity contribution in [2.75, 3.05) is 7.11 Å². The van der Waals surface area contributed by atoms with E-state index in [4.69, 9.17) is 9.15 Å². The minimum Gasteiger partial charge on any atom is -0.497 e. The van der Waals surface area contributed by atoms with E-state index in [1.54, 1.807) is 31.4 Å². The van der Waals surface area contributed by atoms with Gasteiger partial charge in [0.25, 0.3) is 0 Å². The lowest BCUT2D eigenvalue weighted by Crippen LogP contribution is -2.26. The van der Waals surface area contributed by atoms with E-state index in [9.17, 15) is 4.79 Å². The van der Waals surface area contributed by atoms with Crippen molar-refractivity contribution in [3.63, 3.8) is 0 Å². The maximum absolute atomic E-state index is 12.2. The van der Waals surface area contributed by atoms with E-state index in [2.05, 4.69) is 15.5 Å². The normalized spacial score (nSPS) is 11.8. The molecule has 1 unspecified atom stereocenters. The molecule has 24 heavy (non-hydrogen) atoms. The number of carbonyl (C=O) groups is 1. The molecule has 3 rings (SSSR count). The molecule has 0 aliphatic rings. The molecule has 0 saturated carbocycles. The van der Waals surface area contributed by atoms with Crippen LogP contribution in [0.1, 0.15) is 29.2 Å². The van der Waals surface area contributed by atoms with E-state index in [1.165, 1.54) is 0 Å². The lowest BCUT2D eigenvalue weighted by molar-refractivity contribution is 0.0905. The quantitative estimate of drug-likeness (QED) is 0.780. The molecule has 3 aromatic rings. The fourth-order valence-corrected chi connectivity index (χ4v) is 2.25. The number of hydrogen-bond acceptors (Lipinski definition) is 5. The highest BCUT2D eigenvalue weighted by Gasteiger charge is 2.18. The first-order valence-electron chi connectivity index (χ1n) is 7.51. The summed E-state index contributed by atoms with van der Waals surface area (Å²) < 4.78 is 10.6. The molecule has 2 aromatic carbocycles. The van der Waals surface area contributed by atoms with Gasteiger partial charge in [-0.3, -0.25) is 4.79 Å². The molecule has 6 nitrogen and oxygen atoms in total. The zero-order valence-electron chi connectivity index (χ0n) is 13.4. The summed E-state index contributed by atoms with van der Waals surface area (Å²) in [5, 5.41) is 10.6. The summed E-state index contributed by atoms with van der Waals surface area (Å²) in [6, 6.07) is 16.7. The molecule has 1 N–H and O–H groups in total. The maximum atomic E-state index is 12.2. The van der Waals surface area contributed by atoms with E-state index < -0.39 is 5.91 Å². The number of nitrogens with zero attached hydrogens (tertiary/aromatic N) is 2. The van der Waals surface area contributed by atoms with Gasteiger partial charge < -0.3 is 14.5 Å². The van der Waals surface area contributed by atoms with Gasteiger partial charge in [-0.2, -0.15) is 0 Å². The SMILES string of the molecule is COc1ccc(-c2nnc(C(=O)NC(C)c3ccccc3)o2)cc1. The number of carbonyl (C=O) groups excluding carboxylic acids is 1. The Bertz CT molecular complexity index is 813. The first-order valence-corrected chi connectivity index (χ1v) is 7.51. The Hall–Kier alpha value is -3.15. The van der Waals surface area contributed by atoms with Gasteiger partial charge in [0, 0.05) is 5.56 Å². The Balaban J connectivity index is 1.71. The van der Waals surface area contributed by atoms with Gasteiger partial charge >= 0.3 is 11.8 Å². The molecule has 1 aromatic heterocycles. The number of benzene rings is 2. The number of aromatic nitrogens is 2. The first-order chi connectivity index (χ1) is 11.7. The molecule has 1 amide bonds. The third-order valence-electron chi connectivity index (χ3n) is 3.60. The number of nitrogens with one attached hydrogen (secondary N) is 1. The average molecular weight is 323 g/mol. The number of hydrogen-bond donors (Lipinski definition) is 1. The molecule has 6 heteroatoms. The maximum Gasteiger partial charge on any atom is 0.309 e. The fraction of sp³-hybridized carbons (Fsp3) is 0.167. The second-order valence-corrected chi connectivity index (χ2v) is 5.25. The van der Waals surface area contributed by atoms with Crippen molar-refractivity contribution in [2.24, 2.45) is 0 Å². The molecule has 1 atom stereocenters. The van der Waals surface area contributed by atoms with Crippen LogP contribution >= 0.6 is 0 Å². The average Bonchev–Trinajstić information content (AvgIpc) is 3.13. The van der Waals surface area contributed by atoms with Crippen LogP contribution in [-0.2, 0) is 0 Å². The topological polar surface area (TPSA) is 77.2 Å². The molecule has 0 fully saturated rings. The van der Waals surface area contributed by atoms with E-state index in [0.717, 1.165) is 16.9 Å². The predicted molar refractivity (Wildman–Crippen MR) is 88.6 cm³/mol. The molecule has 0 spiro atoms. The summed E-state index contributed by atoms with van der Waals surface area (Å²) >= 11 is 0. The molecule has 1 heterocycles. The van der Waals surface area contributed by atoms with E-state index in [-0.39, 0.29) is 17.8 Å². The smallest absolute Gasteiger partial charge is 0.309 e. The van der Waals surface area contributed by atoms with E-state index in [0.29, 0.717) is 0 Å². The highest BCUT2D eigenvalue weighted by Crippen LogP contribution is 2.21. The Morgan fingerprint density at radius 3 is 2.46 bits per heavy atom. The van der Waals surface area contributed by atoms with Gasteiger partial charge in [0.15, 0.2) is 0 Å². The first kappa shape index (κ1) is 15.7. The zero-order valence-corrected chi connectivity index (χ0v) is 13.4. The highest BCUT2D eigenvalue weighted by molar-refractivity contribution is 5.90. The molecule has 0 bridgehead atoms. The van der Waals surface area contributed by atoms with Gasteiger partial charge in [0.05, 0.1) is 13.2 Å². The van der Waals surface area contributed by atoms with Crippen molar-refractivity contribution in [1.29, 1.82) is 0 Å². The molecule has 0 aliphatic carbocycles. The van der Waals surface area contributed by atoms with Crippen molar-refractivity contribution in [1.82, 2.24) is 15.5 Å². The van der Waals surface area contributed by atoms with Crippen LogP contribution in [0, 0.1) is 0 Å². The Morgan fingerprint density at radius 1 is 1.08 bits per heavy atom. The molecular weight excluding hydrogens is 306 g/mol. The summed E-state index contributed by atoms with van der Waals surface area (Å²) in [5.74, 6) is 0.547. The summed E-state index contributed by atoms with van der Waals surface area (Å²) in [6.45, 7) is 1.90. The molecule has 0 saturated heterocycles.